The first-order chi connectivity index (χ1) is 7.35. The summed E-state index contributed by atoms with van der Waals surface area (Å²) < 4.78 is 1.85. The van der Waals surface area contributed by atoms with E-state index in [9.17, 15) is 0 Å². The van der Waals surface area contributed by atoms with Gasteiger partial charge in [0, 0.05) is 24.6 Å². The highest BCUT2D eigenvalue weighted by atomic mass is 15.3. The molecule has 0 aliphatic carbocycles. The number of nitrogens with two attached hydrogens (primary N) is 1. The summed E-state index contributed by atoms with van der Waals surface area (Å²) in [6, 6.07) is 5.91. The first kappa shape index (κ1) is 9.86. The number of aryl methyl sites for hydroxylation is 1. The molecule has 0 fully saturated rings. The zero-order valence-corrected chi connectivity index (χ0v) is 8.72. The predicted molar refractivity (Wildman–Crippen MR) is 58.6 cm³/mol. The highest BCUT2D eigenvalue weighted by molar-refractivity contribution is 5.26. The smallest absolute Gasteiger partial charge is 0.153 e. The molecular weight excluding hydrogens is 188 g/mol. The van der Waals surface area contributed by atoms with Gasteiger partial charge in [-0.05, 0) is 24.1 Å². The lowest BCUT2D eigenvalue weighted by Gasteiger charge is -2.05. The van der Waals surface area contributed by atoms with Gasteiger partial charge in [-0.1, -0.05) is 13.0 Å². The molecule has 0 aliphatic heterocycles. The first-order valence-corrected chi connectivity index (χ1v) is 5.03. The predicted octanol–water partition coefficient (Wildman–Crippen LogP) is 1.29. The normalized spacial score (nSPS) is 10.5. The van der Waals surface area contributed by atoms with Gasteiger partial charge in [0.05, 0.1) is 0 Å². The summed E-state index contributed by atoms with van der Waals surface area (Å²) in [7, 11) is 0. The van der Waals surface area contributed by atoms with Crippen LogP contribution in [0.25, 0.3) is 5.82 Å². The second-order valence-electron chi connectivity index (χ2n) is 3.32. The monoisotopic (exact) mass is 202 g/mol. The van der Waals surface area contributed by atoms with Crippen molar-refractivity contribution in [1.29, 1.82) is 0 Å². The molecule has 0 radical (unpaired) electrons. The minimum absolute atomic E-state index is 0.521. The summed E-state index contributed by atoms with van der Waals surface area (Å²) in [4.78, 5) is 4.32. The van der Waals surface area contributed by atoms with Crippen molar-refractivity contribution in [1.82, 2.24) is 14.8 Å². The molecule has 2 aromatic rings. The molecule has 2 rings (SSSR count). The fourth-order valence-corrected chi connectivity index (χ4v) is 1.47. The van der Waals surface area contributed by atoms with Crippen LogP contribution in [0, 0.1) is 0 Å². The zero-order valence-electron chi connectivity index (χ0n) is 8.72. The molecule has 0 aliphatic rings. The maximum Gasteiger partial charge on any atom is 0.153 e. The highest BCUT2D eigenvalue weighted by Gasteiger charge is 2.03. The van der Waals surface area contributed by atoms with Crippen LogP contribution in [-0.2, 0) is 13.0 Å². The van der Waals surface area contributed by atoms with Gasteiger partial charge in [0.1, 0.15) is 0 Å². The summed E-state index contributed by atoms with van der Waals surface area (Å²) in [6.45, 7) is 2.62. The van der Waals surface area contributed by atoms with Crippen LogP contribution in [0.4, 0.5) is 0 Å². The Bertz CT molecular complexity index is 430. The van der Waals surface area contributed by atoms with Crippen molar-refractivity contribution in [2.45, 2.75) is 19.9 Å². The van der Waals surface area contributed by atoms with E-state index in [2.05, 4.69) is 17.0 Å². The second-order valence-corrected chi connectivity index (χ2v) is 3.32. The van der Waals surface area contributed by atoms with Gasteiger partial charge in [-0.2, -0.15) is 5.10 Å². The molecule has 0 aromatic carbocycles. The maximum atomic E-state index is 5.51. The van der Waals surface area contributed by atoms with Gasteiger partial charge in [-0.15, -0.1) is 0 Å². The Hall–Kier alpha value is -1.68. The third-order valence-electron chi connectivity index (χ3n) is 2.35. The average molecular weight is 202 g/mol. The molecule has 0 bridgehead atoms. The lowest BCUT2D eigenvalue weighted by Crippen LogP contribution is -2.04. The minimum atomic E-state index is 0.521. The van der Waals surface area contributed by atoms with Gasteiger partial charge in [0.25, 0.3) is 0 Å². The van der Waals surface area contributed by atoms with Crippen molar-refractivity contribution in [2.75, 3.05) is 0 Å². The zero-order chi connectivity index (χ0) is 10.7. The van der Waals surface area contributed by atoms with E-state index in [4.69, 9.17) is 5.73 Å². The van der Waals surface area contributed by atoms with Crippen molar-refractivity contribution in [3.63, 3.8) is 0 Å². The Morgan fingerprint density at radius 2 is 2.20 bits per heavy atom. The van der Waals surface area contributed by atoms with E-state index in [0.717, 1.165) is 23.5 Å². The van der Waals surface area contributed by atoms with Crippen LogP contribution in [0.3, 0.4) is 0 Å². The van der Waals surface area contributed by atoms with E-state index >= 15 is 0 Å². The van der Waals surface area contributed by atoms with Gasteiger partial charge in [0.15, 0.2) is 5.82 Å². The highest BCUT2D eigenvalue weighted by Crippen LogP contribution is 2.08. The Morgan fingerprint density at radius 3 is 2.80 bits per heavy atom. The van der Waals surface area contributed by atoms with Crippen molar-refractivity contribution < 1.29 is 0 Å². The van der Waals surface area contributed by atoms with E-state index < -0.39 is 0 Å². The number of aromatic nitrogens is 3. The maximum absolute atomic E-state index is 5.51. The van der Waals surface area contributed by atoms with Gasteiger partial charge >= 0.3 is 0 Å². The Morgan fingerprint density at radius 1 is 1.33 bits per heavy atom. The number of hydrogen-bond acceptors (Lipinski definition) is 3. The van der Waals surface area contributed by atoms with Crippen LogP contribution in [0.15, 0.2) is 30.6 Å². The number of hydrogen-bond donors (Lipinski definition) is 1. The third-order valence-corrected chi connectivity index (χ3v) is 2.35. The fourth-order valence-electron chi connectivity index (χ4n) is 1.47. The Kier molecular flexibility index (Phi) is 2.78. The van der Waals surface area contributed by atoms with Crippen LogP contribution in [-0.4, -0.2) is 14.8 Å². The van der Waals surface area contributed by atoms with Gasteiger partial charge < -0.3 is 5.73 Å². The lowest BCUT2D eigenvalue weighted by atomic mass is 10.3. The standard InChI is InChI=1S/C11H14N4/c1-2-10-5-6-14-15(10)11-4-3-9(7-12)8-13-11/h3-6,8H,2,7,12H2,1H3. The number of rotatable bonds is 3. The summed E-state index contributed by atoms with van der Waals surface area (Å²) in [5.41, 5.74) is 7.70. The summed E-state index contributed by atoms with van der Waals surface area (Å²) in [6.07, 6.45) is 4.52. The van der Waals surface area contributed by atoms with E-state index in [-0.39, 0.29) is 0 Å². The molecule has 78 valence electrons. The molecule has 0 amide bonds. The molecule has 0 unspecified atom stereocenters. The van der Waals surface area contributed by atoms with Crippen LogP contribution in [0.1, 0.15) is 18.2 Å². The second kappa shape index (κ2) is 4.23. The van der Waals surface area contributed by atoms with Crippen LogP contribution in [0.2, 0.25) is 0 Å². The molecule has 15 heavy (non-hydrogen) atoms. The molecule has 0 saturated heterocycles. The summed E-state index contributed by atoms with van der Waals surface area (Å²) in [5.74, 6) is 0.842. The van der Waals surface area contributed by atoms with Crippen LogP contribution < -0.4 is 5.73 Å². The van der Waals surface area contributed by atoms with Gasteiger partial charge in [-0.25, -0.2) is 9.67 Å². The van der Waals surface area contributed by atoms with E-state index in [1.54, 1.807) is 12.4 Å². The van der Waals surface area contributed by atoms with Crippen molar-refractivity contribution >= 4 is 0 Å². The fraction of sp³-hybridized carbons (Fsp3) is 0.273. The first-order valence-electron chi connectivity index (χ1n) is 5.03. The molecule has 4 nitrogen and oxygen atoms in total. The molecule has 2 aromatic heterocycles. The molecule has 2 heterocycles. The van der Waals surface area contributed by atoms with Crippen LogP contribution >= 0.6 is 0 Å². The SMILES string of the molecule is CCc1ccnn1-c1ccc(CN)cn1. The molecular formula is C11H14N4. The average Bonchev–Trinajstić information content (AvgIpc) is 2.77. The van der Waals surface area contributed by atoms with Crippen molar-refractivity contribution in [2.24, 2.45) is 5.73 Å². The summed E-state index contributed by atoms with van der Waals surface area (Å²) in [5, 5.41) is 4.24. The number of pyridine rings is 1. The molecule has 0 saturated carbocycles. The van der Waals surface area contributed by atoms with Crippen molar-refractivity contribution in [3.05, 3.63) is 41.9 Å². The van der Waals surface area contributed by atoms with Crippen LogP contribution in [0.5, 0.6) is 0 Å². The molecule has 0 atom stereocenters. The molecule has 2 N–H and O–H groups in total. The third kappa shape index (κ3) is 1.89. The quantitative estimate of drug-likeness (QED) is 0.815. The number of nitrogens with zero attached hydrogens (tertiary/aromatic N) is 3. The Balaban J connectivity index is 2.37. The van der Waals surface area contributed by atoms with E-state index in [1.807, 2.05) is 22.9 Å². The van der Waals surface area contributed by atoms with Crippen molar-refractivity contribution in [3.8, 4) is 5.82 Å². The minimum Gasteiger partial charge on any atom is -0.326 e. The molecule has 4 heteroatoms. The molecule has 0 spiro atoms. The summed E-state index contributed by atoms with van der Waals surface area (Å²) >= 11 is 0. The lowest BCUT2D eigenvalue weighted by molar-refractivity contribution is 0.787. The topological polar surface area (TPSA) is 56.7 Å². The van der Waals surface area contributed by atoms with E-state index in [1.165, 1.54) is 0 Å². The van der Waals surface area contributed by atoms with Gasteiger partial charge in [-0.3, -0.25) is 0 Å². The largest absolute Gasteiger partial charge is 0.326 e. The Labute approximate surface area is 88.8 Å². The van der Waals surface area contributed by atoms with Gasteiger partial charge in [0.2, 0.25) is 0 Å². The van der Waals surface area contributed by atoms with E-state index in [0.29, 0.717) is 6.54 Å².